The molecule has 0 spiro atoms. The third kappa shape index (κ3) is 3.79. The first kappa shape index (κ1) is 17.1. The minimum Gasteiger partial charge on any atom is -0.396 e. The van der Waals surface area contributed by atoms with Crippen molar-refractivity contribution in [2.24, 2.45) is 0 Å². The summed E-state index contributed by atoms with van der Waals surface area (Å²) < 4.78 is 27.9. The molecule has 0 bridgehead atoms. The van der Waals surface area contributed by atoms with Crippen LogP contribution in [0.4, 0.5) is 0 Å². The number of aliphatic hydroxyl groups excluding tert-OH is 1. The molecular formula is C14H24N2O3S. The molecule has 5 nitrogen and oxygen atoms in total. The Bertz CT molecular complexity index is 486. The first-order valence-corrected chi connectivity index (χ1v) is 8.27. The standard InChI is InChI=1S/C14H24N2O3S/c1-4-16(5-2)20(18,19)15(3)14(11-12-17)13-9-7-6-8-10-13/h6-10,14,17H,4-5,11-12H2,1-3H3. The van der Waals surface area contributed by atoms with E-state index in [4.69, 9.17) is 0 Å². The number of nitrogens with zero attached hydrogens (tertiary/aromatic N) is 2. The molecule has 0 saturated carbocycles. The Morgan fingerprint density at radius 2 is 1.70 bits per heavy atom. The molecule has 0 radical (unpaired) electrons. The Hall–Kier alpha value is -0.950. The predicted octanol–water partition coefficient (Wildman–Crippen LogP) is 1.63. The smallest absolute Gasteiger partial charge is 0.282 e. The van der Waals surface area contributed by atoms with Gasteiger partial charge in [-0.15, -0.1) is 0 Å². The molecule has 1 unspecified atom stereocenters. The Balaban J connectivity index is 3.09. The van der Waals surface area contributed by atoms with E-state index in [0.717, 1.165) is 5.56 Å². The first-order valence-electron chi connectivity index (χ1n) is 6.87. The van der Waals surface area contributed by atoms with Gasteiger partial charge in [0.2, 0.25) is 0 Å². The second-order valence-electron chi connectivity index (χ2n) is 4.55. The van der Waals surface area contributed by atoms with Crippen molar-refractivity contribution >= 4 is 10.2 Å². The van der Waals surface area contributed by atoms with Crippen molar-refractivity contribution in [1.29, 1.82) is 0 Å². The summed E-state index contributed by atoms with van der Waals surface area (Å²) in [6, 6.07) is 9.04. The average Bonchev–Trinajstić information content (AvgIpc) is 2.46. The van der Waals surface area contributed by atoms with Gasteiger partial charge in [0.05, 0.1) is 6.04 Å². The second-order valence-corrected chi connectivity index (χ2v) is 6.54. The van der Waals surface area contributed by atoms with Crippen LogP contribution in [0.3, 0.4) is 0 Å². The van der Waals surface area contributed by atoms with E-state index >= 15 is 0 Å². The van der Waals surface area contributed by atoms with Gasteiger partial charge >= 0.3 is 0 Å². The summed E-state index contributed by atoms with van der Waals surface area (Å²) >= 11 is 0. The molecule has 20 heavy (non-hydrogen) atoms. The first-order chi connectivity index (χ1) is 9.48. The Kier molecular flexibility index (Phi) is 6.61. The van der Waals surface area contributed by atoms with E-state index in [-0.39, 0.29) is 12.6 Å². The van der Waals surface area contributed by atoms with Crippen LogP contribution in [-0.2, 0) is 10.2 Å². The van der Waals surface area contributed by atoms with Crippen molar-refractivity contribution in [3.8, 4) is 0 Å². The lowest BCUT2D eigenvalue weighted by Gasteiger charge is -2.31. The Morgan fingerprint density at radius 3 is 2.15 bits per heavy atom. The normalized spacial score (nSPS) is 13.9. The average molecular weight is 300 g/mol. The third-order valence-electron chi connectivity index (χ3n) is 3.42. The molecule has 0 heterocycles. The van der Waals surface area contributed by atoms with Crippen molar-refractivity contribution in [3.63, 3.8) is 0 Å². The summed E-state index contributed by atoms with van der Waals surface area (Å²) in [6.07, 6.45) is 0.376. The van der Waals surface area contributed by atoms with Crippen LogP contribution in [0.25, 0.3) is 0 Å². The predicted molar refractivity (Wildman–Crippen MR) is 80.5 cm³/mol. The number of hydrogen-bond donors (Lipinski definition) is 1. The summed E-state index contributed by atoms with van der Waals surface area (Å²) in [5, 5.41) is 9.23. The molecule has 0 aliphatic carbocycles. The number of aliphatic hydroxyl groups is 1. The highest BCUT2D eigenvalue weighted by Gasteiger charge is 2.30. The quantitative estimate of drug-likeness (QED) is 0.794. The van der Waals surface area contributed by atoms with Gasteiger partial charge in [-0.3, -0.25) is 0 Å². The lowest BCUT2D eigenvalue weighted by atomic mass is 10.0. The molecule has 0 aliphatic heterocycles. The molecule has 0 fully saturated rings. The van der Waals surface area contributed by atoms with Gasteiger partial charge in [-0.1, -0.05) is 44.2 Å². The molecule has 0 amide bonds. The van der Waals surface area contributed by atoms with E-state index in [1.54, 1.807) is 7.05 Å². The van der Waals surface area contributed by atoms with Crippen LogP contribution in [0.5, 0.6) is 0 Å². The molecule has 6 heteroatoms. The Labute approximate surface area is 122 Å². The molecule has 1 rings (SSSR count). The topological polar surface area (TPSA) is 60.9 Å². The van der Waals surface area contributed by atoms with Gasteiger partial charge in [0.25, 0.3) is 10.2 Å². The molecule has 1 atom stereocenters. The maximum atomic E-state index is 12.6. The van der Waals surface area contributed by atoms with E-state index in [1.807, 2.05) is 44.2 Å². The summed E-state index contributed by atoms with van der Waals surface area (Å²) in [6.45, 7) is 4.45. The van der Waals surface area contributed by atoms with E-state index in [2.05, 4.69) is 0 Å². The van der Waals surface area contributed by atoms with Gasteiger partial charge in [0, 0.05) is 26.7 Å². The van der Waals surface area contributed by atoms with Crippen LogP contribution in [0.2, 0.25) is 0 Å². The SMILES string of the molecule is CCN(CC)S(=O)(=O)N(C)C(CCO)c1ccccc1. The Morgan fingerprint density at radius 1 is 1.15 bits per heavy atom. The van der Waals surface area contributed by atoms with Gasteiger partial charge in [0.15, 0.2) is 0 Å². The van der Waals surface area contributed by atoms with E-state index < -0.39 is 10.2 Å². The van der Waals surface area contributed by atoms with Gasteiger partial charge in [-0.25, -0.2) is 0 Å². The van der Waals surface area contributed by atoms with Gasteiger partial charge in [-0.05, 0) is 12.0 Å². The molecule has 1 aromatic rings. The zero-order chi connectivity index (χ0) is 15.2. The number of hydrogen-bond acceptors (Lipinski definition) is 3. The highest BCUT2D eigenvalue weighted by Crippen LogP contribution is 2.26. The highest BCUT2D eigenvalue weighted by atomic mass is 32.2. The lowest BCUT2D eigenvalue weighted by Crippen LogP contribution is -2.43. The maximum absolute atomic E-state index is 12.6. The van der Waals surface area contributed by atoms with Gasteiger partial charge in [-0.2, -0.15) is 17.0 Å². The molecule has 0 saturated heterocycles. The van der Waals surface area contributed by atoms with Crippen LogP contribution in [0.1, 0.15) is 31.9 Å². The largest absolute Gasteiger partial charge is 0.396 e. The zero-order valence-electron chi connectivity index (χ0n) is 12.4. The van der Waals surface area contributed by atoms with Gasteiger partial charge in [0.1, 0.15) is 0 Å². The van der Waals surface area contributed by atoms with Crippen molar-refractivity contribution < 1.29 is 13.5 Å². The number of benzene rings is 1. The van der Waals surface area contributed by atoms with Crippen LogP contribution >= 0.6 is 0 Å². The van der Waals surface area contributed by atoms with Crippen molar-refractivity contribution in [2.75, 3.05) is 26.7 Å². The summed E-state index contributed by atoms with van der Waals surface area (Å²) in [5.41, 5.74) is 0.889. The van der Waals surface area contributed by atoms with E-state index in [0.29, 0.717) is 19.5 Å². The van der Waals surface area contributed by atoms with E-state index in [9.17, 15) is 13.5 Å². The zero-order valence-corrected chi connectivity index (χ0v) is 13.2. The van der Waals surface area contributed by atoms with Crippen LogP contribution in [0, 0.1) is 0 Å². The number of rotatable bonds is 8. The van der Waals surface area contributed by atoms with Crippen molar-refractivity contribution in [2.45, 2.75) is 26.3 Å². The second kappa shape index (κ2) is 7.73. The molecule has 1 N–H and O–H groups in total. The van der Waals surface area contributed by atoms with Crippen molar-refractivity contribution in [3.05, 3.63) is 35.9 Å². The molecule has 114 valence electrons. The maximum Gasteiger partial charge on any atom is 0.282 e. The molecule has 0 aliphatic rings. The monoisotopic (exact) mass is 300 g/mol. The minimum absolute atomic E-state index is 0.0579. The fourth-order valence-electron chi connectivity index (χ4n) is 2.25. The van der Waals surface area contributed by atoms with Crippen molar-refractivity contribution in [1.82, 2.24) is 8.61 Å². The van der Waals surface area contributed by atoms with E-state index in [1.165, 1.54) is 8.61 Å². The summed E-state index contributed by atoms with van der Waals surface area (Å²) in [7, 11) is -1.94. The van der Waals surface area contributed by atoms with Crippen LogP contribution in [-0.4, -0.2) is 48.9 Å². The lowest BCUT2D eigenvalue weighted by molar-refractivity contribution is 0.233. The molecular weight excluding hydrogens is 276 g/mol. The fourth-order valence-corrected chi connectivity index (χ4v) is 3.81. The third-order valence-corrected chi connectivity index (χ3v) is 5.57. The van der Waals surface area contributed by atoms with Crippen LogP contribution in [0.15, 0.2) is 30.3 Å². The minimum atomic E-state index is -3.52. The molecule has 1 aromatic carbocycles. The summed E-state index contributed by atoms with van der Waals surface area (Å²) in [5.74, 6) is 0. The van der Waals surface area contributed by atoms with Gasteiger partial charge < -0.3 is 5.11 Å². The fraction of sp³-hybridized carbons (Fsp3) is 0.571. The summed E-state index contributed by atoms with van der Waals surface area (Å²) in [4.78, 5) is 0. The highest BCUT2D eigenvalue weighted by molar-refractivity contribution is 7.86. The van der Waals surface area contributed by atoms with Crippen LogP contribution < -0.4 is 0 Å². The molecule has 0 aromatic heterocycles.